The molecular formula is C17H14ClNO. The summed E-state index contributed by atoms with van der Waals surface area (Å²) in [5, 5.41) is 1.57. The van der Waals surface area contributed by atoms with Crippen molar-refractivity contribution in [1.29, 1.82) is 0 Å². The van der Waals surface area contributed by atoms with E-state index in [0.717, 1.165) is 27.7 Å². The third-order valence-electron chi connectivity index (χ3n) is 3.55. The van der Waals surface area contributed by atoms with E-state index in [2.05, 4.69) is 4.98 Å². The number of H-pyrrole nitrogens is 1. The Hall–Kier alpha value is -2.06. The average Bonchev–Trinajstić information content (AvgIpc) is 2.77. The summed E-state index contributed by atoms with van der Waals surface area (Å²) in [4.78, 5) is 16.0. The van der Waals surface area contributed by atoms with E-state index in [9.17, 15) is 4.79 Å². The maximum atomic E-state index is 12.7. The van der Waals surface area contributed by atoms with Gasteiger partial charge in [0.15, 0.2) is 5.78 Å². The molecule has 3 aromatic rings. The van der Waals surface area contributed by atoms with Gasteiger partial charge < -0.3 is 4.98 Å². The van der Waals surface area contributed by atoms with Crippen LogP contribution in [0, 0.1) is 13.8 Å². The van der Waals surface area contributed by atoms with Crippen LogP contribution in [0.1, 0.15) is 27.2 Å². The standard InChI is InChI=1S/C17H14ClNO/c1-10-7-8-12(9-14(10)18)17(20)16-11(2)19-15-6-4-3-5-13(15)16/h3-9,19H,1-2H3. The van der Waals surface area contributed by atoms with Crippen molar-refractivity contribution < 1.29 is 4.79 Å². The van der Waals surface area contributed by atoms with Gasteiger partial charge in [0.2, 0.25) is 0 Å². The van der Waals surface area contributed by atoms with Crippen LogP contribution in [0.4, 0.5) is 0 Å². The van der Waals surface area contributed by atoms with E-state index in [0.29, 0.717) is 10.6 Å². The molecule has 1 N–H and O–H groups in total. The number of rotatable bonds is 2. The van der Waals surface area contributed by atoms with Gasteiger partial charge in [0.1, 0.15) is 0 Å². The lowest BCUT2D eigenvalue weighted by molar-refractivity contribution is 0.104. The van der Waals surface area contributed by atoms with E-state index in [1.165, 1.54) is 0 Å². The van der Waals surface area contributed by atoms with E-state index in [-0.39, 0.29) is 5.78 Å². The van der Waals surface area contributed by atoms with Gasteiger partial charge in [0.25, 0.3) is 0 Å². The first-order valence-electron chi connectivity index (χ1n) is 6.46. The minimum absolute atomic E-state index is 0.00171. The Bertz CT molecular complexity index is 817. The topological polar surface area (TPSA) is 32.9 Å². The highest BCUT2D eigenvalue weighted by molar-refractivity contribution is 6.32. The number of hydrogen-bond acceptors (Lipinski definition) is 1. The highest BCUT2D eigenvalue weighted by atomic mass is 35.5. The van der Waals surface area contributed by atoms with Crippen molar-refractivity contribution in [1.82, 2.24) is 4.98 Å². The van der Waals surface area contributed by atoms with Gasteiger partial charge in [-0.1, -0.05) is 41.9 Å². The van der Waals surface area contributed by atoms with Crippen molar-refractivity contribution in [3.8, 4) is 0 Å². The van der Waals surface area contributed by atoms with Gasteiger partial charge >= 0.3 is 0 Å². The summed E-state index contributed by atoms with van der Waals surface area (Å²) in [7, 11) is 0. The molecule has 100 valence electrons. The van der Waals surface area contributed by atoms with E-state index in [1.807, 2.05) is 50.2 Å². The van der Waals surface area contributed by atoms with E-state index in [1.54, 1.807) is 6.07 Å². The first-order valence-corrected chi connectivity index (χ1v) is 6.84. The number of aromatic nitrogens is 1. The molecule has 0 aliphatic rings. The first-order chi connectivity index (χ1) is 9.58. The first kappa shape index (κ1) is 12.9. The number of fused-ring (bicyclic) bond motifs is 1. The number of benzene rings is 2. The number of para-hydroxylation sites is 1. The molecule has 20 heavy (non-hydrogen) atoms. The van der Waals surface area contributed by atoms with Crippen molar-refractivity contribution in [2.75, 3.05) is 0 Å². The molecule has 1 aromatic heterocycles. The molecule has 0 atom stereocenters. The molecule has 0 saturated carbocycles. The van der Waals surface area contributed by atoms with Crippen LogP contribution in [0.3, 0.4) is 0 Å². The second-order valence-corrected chi connectivity index (χ2v) is 5.37. The van der Waals surface area contributed by atoms with E-state index < -0.39 is 0 Å². The summed E-state index contributed by atoms with van der Waals surface area (Å²) >= 11 is 6.12. The highest BCUT2D eigenvalue weighted by Gasteiger charge is 2.17. The van der Waals surface area contributed by atoms with Crippen molar-refractivity contribution >= 4 is 28.3 Å². The predicted octanol–water partition coefficient (Wildman–Crippen LogP) is 4.67. The third-order valence-corrected chi connectivity index (χ3v) is 3.96. The average molecular weight is 284 g/mol. The minimum atomic E-state index is 0.00171. The van der Waals surface area contributed by atoms with Crippen LogP contribution >= 0.6 is 11.6 Å². The monoisotopic (exact) mass is 283 g/mol. The summed E-state index contributed by atoms with van der Waals surface area (Å²) in [5.74, 6) is 0.00171. The molecule has 0 amide bonds. The van der Waals surface area contributed by atoms with Crippen LogP contribution < -0.4 is 0 Å². The summed E-state index contributed by atoms with van der Waals surface area (Å²) in [5.41, 5.74) is 4.17. The van der Waals surface area contributed by atoms with Crippen LogP contribution in [-0.4, -0.2) is 10.8 Å². The molecule has 0 unspecified atom stereocenters. The van der Waals surface area contributed by atoms with E-state index >= 15 is 0 Å². The molecule has 1 heterocycles. The number of hydrogen-bond donors (Lipinski definition) is 1. The van der Waals surface area contributed by atoms with Crippen molar-refractivity contribution in [3.63, 3.8) is 0 Å². The molecule has 0 bridgehead atoms. The number of carbonyl (C=O) groups excluding carboxylic acids is 1. The predicted molar refractivity (Wildman–Crippen MR) is 82.7 cm³/mol. The lowest BCUT2D eigenvalue weighted by atomic mass is 9.99. The van der Waals surface area contributed by atoms with Crippen LogP contribution in [0.2, 0.25) is 5.02 Å². The van der Waals surface area contributed by atoms with Crippen LogP contribution in [0.5, 0.6) is 0 Å². The fraction of sp³-hybridized carbons (Fsp3) is 0.118. The maximum Gasteiger partial charge on any atom is 0.195 e. The number of aromatic amines is 1. The van der Waals surface area contributed by atoms with Crippen LogP contribution in [-0.2, 0) is 0 Å². The van der Waals surface area contributed by atoms with Gasteiger partial charge in [0.05, 0.1) is 5.56 Å². The van der Waals surface area contributed by atoms with Gasteiger partial charge in [-0.2, -0.15) is 0 Å². The largest absolute Gasteiger partial charge is 0.358 e. The molecule has 0 spiro atoms. The Morgan fingerprint density at radius 3 is 2.60 bits per heavy atom. The second-order valence-electron chi connectivity index (χ2n) is 4.96. The number of ketones is 1. The molecule has 0 saturated heterocycles. The molecule has 3 heteroatoms. The van der Waals surface area contributed by atoms with Crippen molar-refractivity contribution in [3.05, 3.63) is 69.9 Å². The Labute approximate surface area is 122 Å². The third kappa shape index (κ3) is 2.02. The summed E-state index contributed by atoms with van der Waals surface area (Å²) in [6.07, 6.45) is 0. The fourth-order valence-corrected chi connectivity index (χ4v) is 2.63. The van der Waals surface area contributed by atoms with Crippen molar-refractivity contribution in [2.24, 2.45) is 0 Å². The normalized spacial score (nSPS) is 10.9. The van der Waals surface area contributed by atoms with E-state index in [4.69, 9.17) is 11.6 Å². The molecule has 3 rings (SSSR count). The quantitative estimate of drug-likeness (QED) is 0.681. The highest BCUT2D eigenvalue weighted by Crippen LogP contribution is 2.26. The maximum absolute atomic E-state index is 12.7. The fourth-order valence-electron chi connectivity index (χ4n) is 2.45. The Kier molecular flexibility index (Phi) is 3.11. The Balaban J connectivity index is 2.17. The lowest BCUT2D eigenvalue weighted by Crippen LogP contribution is -2.02. The number of aryl methyl sites for hydroxylation is 2. The number of nitrogens with one attached hydrogen (secondary N) is 1. The van der Waals surface area contributed by atoms with Gasteiger partial charge in [-0.3, -0.25) is 4.79 Å². The van der Waals surface area contributed by atoms with Gasteiger partial charge in [0, 0.05) is 27.2 Å². The summed E-state index contributed by atoms with van der Waals surface area (Å²) in [6, 6.07) is 13.3. The number of carbonyl (C=O) groups is 1. The molecule has 0 aliphatic carbocycles. The SMILES string of the molecule is Cc1ccc(C(=O)c2c(C)[nH]c3ccccc23)cc1Cl. The van der Waals surface area contributed by atoms with Gasteiger partial charge in [-0.25, -0.2) is 0 Å². The minimum Gasteiger partial charge on any atom is -0.358 e. The zero-order valence-corrected chi connectivity index (χ0v) is 12.1. The Morgan fingerprint density at radius 2 is 1.85 bits per heavy atom. The summed E-state index contributed by atoms with van der Waals surface area (Å²) in [6.45, 7) is 3.84. The smallest absolute Gasteiger partial charge is 0.195 e. The molecule has 2 nitrogen and oxygen atoms in total. The zero-order valence-electron chi connectivity index (χ0n) is 11.3. The van der Waals surface area contributed by atoms with Crippen LogP contribution in [0.15, 0.2) is 42.5 Å². The molecular weight excluding hydrogens is 270 g/mol. The summed E-state index contributed by atoms with van der Waals surface area (Å²) < 4.78 is 0. The van der Waals surface area contributed by atoms with Gasteiger partial charge in [-0.05, 0) is 31.5 Å². The van der Waals surface area contributed by atoms with Gasteiger partial charge in [-0.15, -0.1) is 0 Å². The number of halogens is 1. The Morgan fingerprint density at radius 1 is 1.10 bits per heavy atom. The second kappa shape index (κ2) is 4.80. The molecule has 0 aliphatic heterocycles. The molecule has 0 fully saturated rings. The molecule has 2 aromatic carbocycles. The lowest BCUT2D eigenvalue weighted by Gasteiger charge is -2.04. The zero-order chi connectivity index (χ0) is 14.3. The van der Waals surface area contributed by atoms with Crippen LogP contribution in [0.25, 0.3) is 10.9 Å². The van der Waals surface area contributed by atoms with Crippen molar-refractivity contribution in [2.45, 2.75) is 13.8 Å². The molecule has 0 radical (unpaired) electrons.